The highest BCUT2D eigenvalue weighted by atomic mass is 32.2. The van der Waals surface area contributed by atoms with Crippen molar-refractivity contribution in [2.24, 2.45) is 5.92 Å². The Bertz CT molecular complexity index is 1940. The van der Waals surface area contributed by atoms with Gasteiger partial charge in [-0.2, -0.15) is 13.2 Å². The molecule has 3 atom stereocenters. The van der Waals surface area contributed by atoms with E-state index in [9.17, 15) is 42.5 Å². The Hall–Kier alpha value is -4.96. The van der Waals surface area contributed by atoms with Crippen molar-refractivity contribution in [2.45, 2.75) is 28.9 Å². The first kappa shape index (κ1) is 31.0. The number of non-ortho nitro benzene ring substituents is 1. The van der Waals surface area contributed by atoms with E-state index >= 15 is 0 Å². The number of ether oxygens (including phenoxy) is 1. The van der Waals surface area contributed by atoms with E-state index in [0.717, 1.165) is 50.8 Å². The number of thioether (sulfide) groups is 1. The first-order valence-electron chi connectivity index (χ1n) is 13.5. The number of nitro benzene ring substituents is 1. The molecule has 2 aliphatic heterocycles. The van der Waals surface area contributed by atoms with Crippen LogP contribution in [0, 0.1) is 16.0 Å². The van der Waals surface area contributed by atoms with Crippen molar-refractivity contribution < 1.29 is 37.2 Å². The van der Waals surface area contributed by atoms with E-state index in [1.165, 1.54) is 37.4 Å². The highest BCUT2D eigenvalue weighted by molar-refractivity contribution is 8.00. The summed E-state index contributed by atoms with van der Waals surface area (Å²) >= 11 is 1.76. The summed E-state index contributed by atoms with van der Waals surface area (Å²) in [6, 6.07) is 15.8. The van der Waals surface area contributed by atoms with Crippen LogP contribution in [0.5, 0.6) is 5.75 Å². The zero-order chi connectivity index (χ0) is 32.9. The van der Waals surface area contributed by atoms with Crippen LogP contribution in [0.3, 0.4) is 0 Å². The third kappa shape index (κ3) is 5.53. The molecule has 46 heavy (non-hydrogen) atoms. The number of methoxy groups -OCH3 is 1. The number of rotatable bonds is 7. The SMILES string of the molecule is COc1ccc([C@@H]2c3sc(=O)n(CC(=O)Nc4cccc(C(F)(F)F)c4)c3SC3C(=O)N(c4ccc([N+](=O)[O-])cc4)C(=O)C32)cc1. The standard InChI is InChI=1S/C30H21F3N4O7S2/c1-44-20-11-5-15(6-12-20)22-23-24(27(40)36(26(23)39)18-7-9-19(10-8-18)37(42)43)45-28-25(22)46-29(41)35(28)14-21(38)34-17-4-2-3-16(13-17)30(31,32)33/h2-13,22-24H,14H2,1H3,(H,34,38)/t22-,23?,24?/m0/s1. The molecule has 16 heteroatoms. The Balaban J connectivity index is 1.37. The van der Waals surface area contributed by atoms with Gasteiger partial charge in [0.1, 0.15) is 17.5 Å². The van der Waals surface area contributed by atoms with Crippen LogP contribution in [0.2, 0.25) is 0 Å². The number of carbonyl (C=O) groups excluding carboxylic acids is 3. The monoisotopic (exact) mass is 670 g/mol. The zero-order valence-corrected chi connectivity index (χ0v) is 25.2. The smallest absolute Gasteiger partial charge is 0.416 e. The summed E-state index contributed by atoms with van der Waals surface area (Å²) in [7, 11) is 1.48. The fourth-order valence-electron chi connectivity index (χ4n) is 5.52. The summed E-state index contributed by atoms with van der Waals surface area (Å²) in [5, 5.41) is 12.8. The van der Waals surface area contributed by atoms with Gasteiger partial charge in [0, 0.05) is 28.6 Å². The molecule has 4 aromatic rings. The summed E-state index contributed by atoms with van der Waals surface area (Å²) in [6.07, 6.45) is -4.62. The maximum Gasteiger partial charge on any atom is 0.416 e. The van der Waals surface area contributed by atoms with Gasteiger partial charge in [-0.05, 0) is 48.0 Å². The van der Waals surface area contributed by atoms with Crippen LogP contribution in [0.15, 0.2) is 82.6 Å². The number of anilines is 2. The van der Waals surface area contributed by atoms with Gasteiger partial charge in [-0.1, -0.05) is 41.3 Å². The Morgan fingerprint density at radius 2 is 1.72 bits per heavy atom. The Labute approximate surface area is 265 Å². The van der Waals surface area contributed by atoms with Gasteiger partial charge < -0.3 is 10.1 Å². The topological polar surface area (TPSA) is 141 Å². The normalized spacial score (nSPS) is 19.0. The second-order valence-electron chi connectivity index (χ2n) is 10.4. The van der Waals surface area contributed by atoms with Gasteiger partial charge >= 0.3 is 11.0 Å². The lowest BCUT2D eigenvalue weighted by molar-refractivity contribution is -0.384. The first-order valence-corrected chi connectivity index (χ1v) is 15.2. The van der Waals surface area contributed by atoms with Crippen LogP contribution in [0.1, 0.15) is 21.9 Å². The molecule has 1 aromatic heterocycles. The van der Waals surface area contributed by atoms with E-state index in [1.807, 2.05) is 0 Å². The lowest BCUT2D eigenvalue weighted by Gasteiger charge is -2.30. The summed E-state index contributed by atoms with van der Waals surface area (Å²) in [6.45, 7) is -0.561. The Kier molecular flexibility index (Phi) is 7.93. The summed E-state index contributed by atoms with van der Waals surface area (Å²) in [5.41, 5.74) is -0.547. The largest absolute Gasteiger partial charge is 0.497 e. The summed E-state index contributed by atoms with van der Waals surface area (Å²) < 4.78 is 45.9. The third-order valence-corrected chi connectivity index (χ3v) is 10.2. The summed E-state index contributed by atoms with van der Waals surface area (Å²) in [5.74, 6) is -3.14. The molecule has 6 rings (SSSR count). The fraction of sp³-hybridized carbons (Fsp3) is 0.200. The maximum atomic E-state index is 14.0. The first-order chi connectivity index (χ1) is 21.9. The van der Waals surface area contributed by atoms with Gasteiger partial charge in [-0.3, -0.25) is 33.9 Å². The van der Waals surface area contributed by atoms with E-state index in [0.29, 0.717) is 16.2 Å². The average Bonchev–Trinajstić information content (AvgIpc) is 3.47. The van der Waals surface area contributed by atoms with E-state index in [-0.39, 0.29) is 22.1 Å². The third-order valence-electron chi connectivity index (χ3n) is 7.62. The number of alkyl halides is 3. The van der Waals surface area contributed by atoms with Gasteiger partial charge in [-0.25, -0.2) is 4.90 Å². The highest BCUT2D eigenvalue weighted by Crippen LogP contribution is 2.54. The number of amides is 3. The highest BCUT2D eigenvalue weighted by Gasteiger charge is 2.57. The number of nitro groups is 1. The number of benzene rings is 3. The van der Waals surface area contributed by atoms with E-state index in [2.05, 4.69) is 5.32 Å². The van der Waals surface area contributed by atoms with E-state index < -0.39 is 62.9 Å². The number of fused-ring (bicyclic) bond motifs is 2. The van der Waals surface area contributed by atoms with Crippen molar-refractivity contribution >= 4 is 57.9 Å². The minimum atomic E-state index is -4.62. The number of hydrogen-bond donors (Lipinski definition) is 1. The number of nitrogens with zero attached hydrogens (tertiary/aromatic N) is 3. The van der Waals surface area contributed by atoms with Gasteiger partial charge in [-0.15, -0.1) is 0 Å². The van der Waals surface area contributed by atoms with E-state index in [1.54, 1.807) is 24.3 Å². The van der Waals surface area contributed by atoms with Gasteiger partial charge in [0.15, 0.2) is 0 Å². The number of aromatic nitrogens is 1. The molecule has 0 saturated carbocycles. The fourth-order valence-corrected chi connectivity index (χ4v) is 8.29. The van der Waals surface area contributed by atoms with Crippen molar-refractivity contribution in [3.8, 4) is 5.75 Å². The molecule has 0 bridgehead atoms. The van der Waals surface area contributed by atoms with E-state index in [4.69, 9.17) is 4.74 Å². The molecule has 2 aliphatic rings. The van der Waals surface area contributed by atoms with Crippen LogP contribution >= 0.6 is 23.1 Å². The number of halogens is 3. The number of carbonyl (C=O) groups is 3. The molecule has 3 heterocycles. The maximum absolute atomic E-state index is 14.0. The van der Waals surface area contributed by atoms with Crippen LogP contribution in [0.25, 0.3) is 0 Å². The van der Waals surface area contributed by atoms with Crippen LogP contribution < -0.4 is 19.8 Å². The second-order valence-corrected chi connectivity index (χ2v) is 12.5. The molecule has 2 unspecified atom stereocenters. The number of thiazole rings is 1. The Morgan fingerprint density at radius 3 is 2.35 bits per heavy atom. The lowest BCUT2D eigenvalue weighted by Crippen LogP contribution is -2.33. The van der Waals surface area contributed by atoms with Gasteiger partial charge in [0.05, 0.1) is 34.2 Å². The molecular weight excluding hydrogens is 649 g/mol. The minimum absolute atomic E-state index is 0.115. The van der Waals surface area contributed by atoms with Crippen molar-refractivity contribution in [3.05, 3.63) is 109 Å². The molecule has 0 radical (unpaired) electrons. The zero-order valence-electron chi connectivity index (χ0n) is 23.5. The van der Waals surface area contributed by atoms with Crippen LogP contribution in [-0.4, -0.2) is 39.6 Å². The van der Waals surface area contributed by atoms with Crippen molar-refractivity contribution in [3.63, 3.8) is 0 Å². The molecule has 1 fully saturated rings. The quantitative estimate of drug-likeness (QED) is 0.159. The number of hydrogen-bond acceptors (Lipinski definition) is 9. The average molecular weight is 671 g/mol. The molecule has 0 aliphatic carbocycles. The molecule has 1 saturated heterocycles. The predicted octanol–water partition coefficient (Wildman–Crippen LogP) is 5.28. The number of imide groups is 1. The molecule has 0 spiro atoms. The molecular formula is C30H21F3N4O7S2. The molecule has 1 N–H and O–H groups in total. The predicted molar refractivity (Wildman–Crippen MR) is 162 cm³/mol. The molecule has 236 valence electrons. The molecule has 3 aromatic carbocycles. The second kappa shape index (κ2) is 11.8. The van der Waals surface area contributed by atoms with Gasteiger partial charge in [0.2, 0.25) is 17.7 Å². The lowest BCUT2D eigenvalue weighted by atomic mass is 9.83. The van der Waals surface area contributed by atoms with Crippen LogP contribution in [0.4, 0.5) is 30.2 Å². The van der Waals surface area contributed by atoms with Crippen molar-refractivity contribution in [2.75, 3.05) is 17.3 Å². The van der Waals surface area contributed by atoms with Crippen molar-refractivity contribution in [1.29, 1.82) is 0 Å². The molecule has 3 amide bonds. The summed E-state index contributed by atoms with van der Waals surface area (Å²) in [4.78, 5) is 65.5. The Morgan fingerprint density at radius 1 is 1.02 bits per heavy atom. The molecule has 11 nitrogen and oxygen atoms in total. The minimum Gasteiger partial charge on any atom is -0.497 e. The number of nitrogens with one attached hydrogen (secondary N) is 1. The van der Waals surface area contributed by atoms with Gasteiger partial charge in [0.25, 0.3) is 5.69 Å². The van der Waals surface area contributed by atoms with Crippen molar-refractivity contribution in [1.82, 2.24) is 4.57 Å². The van der Waals surface area contributed by atoms with Crippen LogP contribution in [-0.2, 0) is 27.1 Å².